The van der Waals surface area contributed by atoms with E-state index in [0.717, 1.165) is 24.0 Å². The fraction of sp³-hybridized carbons (Fsp3) is 0.455. The minimum Gasteiger partial charge on any atom is -0.475 e. The van der Waals surface area contributed by atoms with Crippen molar-refractivity contribution in [3.8, 4) is 11.8 Å². The Morgan fingerprint density at radius 2 is 2.16 bits per heavy atom. The highest BCUT2D eigenvalue weighted by Crippen LogP contribution is 2.29. The van der Waals surface area contributed by atoms with Crippen LogP contribution in [0, 0.1) is 17.1 Å². The van der Waals surface area contributed by atoms with Gasteiger partial charge in [0.15, 0.2) is 16.9 Å². The smallest absolute Gasteiger partial charge is 0.176 e. The van der Waals surface area contributed by atoms with Gasteiger partial charge in [-0.25, -0.2) is 9.37 Å². The Kier molecular flexibility index (Phi) is 4.21. The Labute approximate surface area is 112 Å². The minimum absolute atomic E-state index is 0.0386. The van der Waals surface area contributed by atoms with Gasteiger partial charge in [0.1, 0.15) is 24.0 Å². The first kappa shape index (κ1) is 14.0. The lowest BCUT2D eigenvalue weighted by molar-refractivity contribution is -0.0786. The fourth-order valence-electron chi connectivity index (χ4n) is 1.58. The Balaban J connectivity index is 2.09. The summed E-state index contributed by atoms with van der Waals surface area (Å²) in [5, 5.41) is 37.1. The first-order valence-corrected chi connectivity index (χ1v) is 6.46. The third-order valence-electron chi connectivity index (χ3n) is 2.63. The highest BCUT2D eigenvalue weighted by molar-refractivity contribution is 7.99. The molecular weight excluding hydrogens is 275 g/mol. The molecule has 102 valence electrons. The van der Waals surface area contributed by atoms with Crippen molar-refractivity contribution in [3.05, 3.63) is 23.8 Å². The van der Waals surface area contributed by atoms with Gasteiger partial charge in [-0.3, -0.25) is 0 Å². The molecular formula is C11H11FN2O4S. The molecule has 0 radical (unpaired) electrons. The lowest BCUT2D eigenvalue weighted by Crippen LogP contribution is -2.50. The van der Waals surface area contributed by atoms with Crippen LogP contribution < -0.4 is 4.74 Å². The molecule has 3 N–H and O–H groups in total. The lowest BCUT2D eigenvalue weighted by Gasteiger charge is -2.34. The Hall–Kier alpha value is -1.40. The molecule has 1 aliphatic heterocycles. The number of halogens is 1. The molecule has 1 fully saturated rings. The molecule has 0 unspecified atom stereocenters. The second-order valence-corrected chi connectivity index (χ2v) is 5.11. The maximum atomic E-state index is 13.3. The summed E-state index contributed by atoms with van der Waals surface area (Å²) < 4.78 is 18.6. The highest BCUT2D eigenvalue weighted by atomic mass is 32.2. The van der Waals surface area contributed by atoms with E-state index in [0.29, 0.717) is 0 Å². The van der Waals surface area contributed by atoms with E-state index < -0.39 is 29.6 Å². The van der Waals surface area contributed by atoms with Crippen molar-refractivity contribution >= 4 is 11.8 Å². The second kappa shape index (κ2) is 5.71. The molecule has 6 nitrogen and oxygen atoms in total. The summed E-state index contributed by atoms with van der Waals surface area (Å²) in [6, 6.07) is 2.56. The van der Waals surface area contributed by atoms with Crippen LogP contribution in [0.3, 0.4) is 0 Å². The van der Waals surface area contributed by atoms with Crippen molar-refractivity contribution in [2.75, 3.05) is 5.75 Å². The zero-order chi connectivity index (χ0) is 14.0. The van der Waals surface area contributed by atoms with E-state index in [1.54, 1.807) is 6.07 Å². The van der Waals surface area contributed by atoms with E-state index in [1.807, 2.05) is 0 Å². The molecule has 1 aromatic rings. The van der Waals surface area contributed by atoms with Gasteiger partial charge in [-0.05, 0) is 0 Å². The Morgan fingerprint density at radius 1 is 1.42 bits per heavy atom. The quantitative estimate of drug-likeness (QED) is 0.680. The average molecular weight is 286 g/mol. The molecule has 19 heavy (non-hydrogen) atoms. The predicted molar refractivity (Wildman–Crippen MR) is 63.8 cm³/mol. The number of hydrogen-bond acceptors (Lipinski definition) is 7. The van der Waals surface area contributed by atoms with Gasteiger partial charge in [0, 0.05) is 11.8 Å². The number of ether oxygens (including phenoxy) is 1. The number of aromatic nitrogens is 1. The zero-order valence-electron chi connectivity index (χ0n) is 9.60. The van der Waals surface area contributed by atoms with Crippen molar-refractivity contribution in [2.45, 2.75) is 23.7 Å². The van der Waals surface area contributed by atoms with Crippen LogP contribution >= 0.6 is 11.8 Å². The van der Waals surface area contributed by atoms with Gasteiger partial charge in [0.25, 0.3) is 0 Å². The zero-order valence-corrected chi connectivity index (χ0v) is 10.4. The van der Waals surface area contributed by atoms with Crippen LogP contribution in [0.15, 0.2) is 12.3 Å². The topological polar surface area (TPSA) is 107 Å². The first-order chi connectivity index (χ1) is 9.02. The molecule has 8 heteroatoms. The van der Waals surface area contributed by atoms with Crippen molar-refractivity contribution in [2.24, 2.45) is 0 Å². The maximum Gasteiger partial charge on any atom is 0.176 e. The molecule has 1 aromatic heterocycles. The maximum absolute atomic E-state index is 13.3. The summed E-state index contributed by atoms with van der Waals surface area (Å²) in [5.41, 5.74) is -1.19. The Morgan fingerprint density at radius 3 is 2.79 bits per heavy atom. The van der Waals surface area contributed by atoms with Gasteiger partial charge in [-0.1, -0.05) is 0 Å². The fourth-order valence-corrected chi connectivity index (χ4v) is 2.71. The highest BCUT2D eigenvalue weighted by Gasteiger charge is 2.38. The van der Waals surface area contributed by atoms with Gasteiger partial charge >= 0.3 is 0 Å². The number of pyridine rings is 1. The van der Waals surface area contributed by atoms with Gasteiger partial charge in [0.05, 0.1) is 12.3 Å². The number of nitriles is 1. The summed E-state index contributed by atoms with van der Waals surface area (Å²) in [6.45, 7) is 0. The molecule has 0 bridgehead atoms. The SMILES string of the molecule is N#Cc1ncc(O[C@@H]2SC[C@@H](O)[C@H](O)[C@H]2O)cc1F. The van der Waals surface area contributed by atoms with Crippen molar-refractivity contribution in [1.29, 1.82) is 5.26 Å². The number of thioether (sulfide) groups is 1. The first-order valence-electron chi connectivity index (χ1n) is 5.41. The van der Waals surface area contributed by atoms with Gasteiger partial charge < -0.3 is 20.1 Å². The van der Waals surface area contributed by atoms with E-state index in [-0.39, 0.29) is 17.2 Å². The molecule has 2 heterocycles. The lowest BCUT2D eigenvalue weighted by atomic mass is 10.1. The molecule has 0 spiro atoms. The van der Waals surface area contributed by atoms with Crippen LogP contribution in [0.5, 0.6) is 5.75 Å². The number of hydrogen-bond donors (Lipinski definition) is 3. The summed E-state index contributed by atoms with van der Waals surface area (Å²) in [5.74, 6) is -0.595. The molecule has 0 saturated carbocycles. The molecule has 1 aliphatic rings. The van der Waals surface area contributed by atoms with Gasteiger partial charge in [-0.2, -0.15) is 5.26 Å². The Bertz CT molecular complexity index is 510. The van der Waals surface area contributed by atoms with Crippen molar-refractivity contribution in [3.63, 3.8) is 0 Å². The molecule has 4 atom stereocenters. The van der Waals surface area contributed by atoms with Crippen molar-refractivity contribution in [1.82, 2.24) is 4.98 Å². The summed E-state index contributed by atoms with van der Waals surface area (Å²) in [4.78, 5) is 3.56. The summed E-state index contributed by atoms with van der Waals surface area (Å²) >= 11 is 1.10. The standard InChI is InChI=1S/C11H11FN2O4S/c12-6-1-5(3-14-7(6)2-13)18-11-10(17)9(16)8(15)4-19-11/h1,3,8-11,15-17H,4H2/t8-,9+,10-,11-/m1/s1. The van der Waals surface area contributed by atoms with Crippen LogP contribution in [-0.4, -0.2) is 49.8 Å². The average Bonchev–Trinajstić information content (AvgIpc) is 2.40. The molecule has 1 saturated heterocycles. The van der Waals surface area contributed by atoms with E-state index in [9.17, 15) is 19.7 Å². The molecule has 0 aromatic carbocycles. The van der Waals surface area contributed by atoms with Crippen LogP contribution in [0.25, 0.3) is 0 Å². The molecule has 0 aliphatic carbocycles. The number of aliphatic hydroxyl groups is 3. The molecule has 2 rings (SSSR count). The van der Waals surface area contributed by atoms with E-state index in [1.165, 1.54) is 0 Å². The number of rotatable bonds is 2. The van der Waals surface area contributed by atoms with Gasteiger partial charge in [0.2, 0.25) is 0 Å². The van der Waals surface area contributed by atoms with Crippen LogP contribution in [0.2, 0.25) is 0 Å². The minimum atomic E-state index is -1.32. The normalized spacial score (nSPS) is 30.7. The van der Waals surface area contributed by atoms with Gasteiger partial charge in [-0.15, -0.1) is 11.8 Å². The number of nitrogens with zero attached hydrogens (tertiary/aromatic N) is 2. The third-order valence-corrected chi connectivity index (χ3v) is 3.87. The largest absolute Gasteiger partial charge is 0.475 e. The monoisotopic (exact) mass is 286 g/mol. The second-order valence-electron chi connectivity index (χ2n) is 3.98. The van der Waals surface area contributed by atoms with E-state index in [4.69, 9.17) is 10.00 Å². The van der Waals surface area contributed by atoms with Crippen LogP contribution in [-0.2, 0) is 0 Å². The summed E-state index contributed by atoms with van der Waals surface area (Å²) in [6.07, 6.45) is -2.49. The third kappa shape index (κ3) is 2.96. The van der Waals surface area contributed by atoms with E-state index in [2.05, 4.69) is 4.98 Å². The predicted octanol–water partition coefficient (Wildman–Crippen LogP) is -0.373. The van der Waals surface area contributed by atoms with Crippen molar-refractivity contribution < 1.29 is 24.4 Å². The molecule has 0 amide bonds. The number of aliphatic hydroxyl groups excluding tert-OH is 3. The van der Waals surface area contributed by atoms with E-state index >= 15 is 0 Å². The van der Waals surface area contributed by atoms with Crippen LogP contribution in [0.4, 0.5) is 4.39 Å². The summed E-state index contributed by atoms with van der Waals surface area (Å²) in [7, 11) is 0. The van der Waals surface area contributed by atoms with Crippen LogP contribution in [0.1, 0.15) is 5.69 Å².